The molecule has 10 heteroatoms. The lowest BCUT2D eigenvalue weighted by atomic mass is 10.0. The van der Waals surface area contributed by atoms with Crippen molar-refractivity contribution in [3.8, 4) is 17.1 Å². The zero-order chi connectivity index (χ0) is 29.0. The Labute approximate surface area is 246 Å². The van der Waals surface area contributed by atoms with E-state index in [2.05, 4.69) is 68.5 Å². The van der Waals surface area contributed by atoms with E-state index in [4.69, 9.17) is 21.3 Å². The van der Waals surface area contributed by atoms with Crippen LogP contribution in [-0.4, -0.2) is 82.6 Å². The minimum atomic E-state index is -0.158. The van der Waals surface area contributed by atoms with Crippen molar-refractivity contribution in [3.63, 3.8) is 0 Å². The molecule has 1 atom stereocenters. The van der Waals surface area contributed by atoms with Crippen LogP contribution in [0.25, 0.3) is 22.6 Å². The van der Waals surface area contributed by atoms with Crippen LogP contribution in [0.5, 0.6) is 5.75 Å². The summed E-state index contributed by atoms with van der Waals surface area (Å²) in [5, 5.41) is 7.12. The Bertz CT molecular complexity index is 1470. The summed E-state index contributed by atoms with van der Waals surface area (Å²) >= 11 is 6.60. The van der Waals surface area contributed by atoms with Gasteiger partial charge in [0, 0.05) is 43.3 Å². The summed E-state index contributed by atoms with van der Waals surface area (Å²) in [4.78, 5) is 29.4. The van der Waals surface area contributed by atoms with Crippen LogP contribution in [0.15, 0.2) is 60.8 Å². The van der Waals surface area contributed by atoms with Gasteiger partial charge in [0.15, 0.2) is 12.3 Å². The number of carbonyl (C=O) groups excluding carboxylic acids is 1. The topological polar surface area (TPSA) is 98.4 Å². The summed E-state index contributed by atoms with van der Waals surface area (Å²) in [6, 6.07) is 18.3. The Hall–Kier alpha value is -3.66. The molecule has 2 aromatic carbocycles. The van der Waals surface area contributed by atoms with Gasteiger partial charge in [-0.15, -0.1) is 0 Å². The Morgan fingerprint density at radius 1 is 1.17 bits per heavy atom. The highest BCUT2D eigenvalue weighted by atomic mass is 35.5. The number of ether oxygens (including phenoxy) is 1. The average molecular weight is 576 g/mol. The Balaban J connectivity index is 1.21. The van der Waals surface area contributed by atoms with Crippen molar-refractivity contribution in [1.82, 2.24) is 30.1 Å². The van der Waals surface area contributed by atoms with Gasteiger partial charge in [-0.25, -0.2) is 9.97 Å². The van der Waals surface area contributed by atoms with Gasteiger partial charge in [-0.05, 0) is 64.2 Å². The highest BCUT2D eigenvalue weighted by Crippen LogP contribution is 2.32. The maximum Gasteiger partial charge on any atom is 0.258 e. The molecule has 4 aromatic rings. The lowest BCUT2D eigenvalue weighted by Crippen LogP contribution is -2.48. The number of likely N-dealkylation sites (tertiary alicyclic amines) is 1. The third-order valence-electron chi connectivity index (χ3n) is 7.76. The van der Waals surface area contributed by atoms with E-state index < -0.39 is 0 Å². The number of aromatic amines is 1. The van der Waals surface area contributed by atoms with Gasteiger partial charge in [0.25, 0.3) is 5.91 Å². The van der Waals surface area contributed by atoms with Gasteiger partial charge < -0.3 is 25.3 Å². The van der Waals surface area contributed by atoms with Gasteiger partial charge in [-0.1, -0.05) is 41.9 Å². The molecular weight excluding hydrogens is 538 g/mol. The number of halogens is 1. The van der Waals surface area contributed by atoms with E-state index in [-0.39, 0.29) is 24.1 Å². The molecule has 216 valence electrons. The second kappa shape index (κ2) is 12.5. The highest BCUT2D eigenvalue weighted by Gasteiger charge is 2.25. The van der Waals surface area contributed by atoms with Crippen molar-refractivity contribution in [2.24, 2.45) is 0 Å². The molecule has 41 heavy (non-hydrogen) atoms. The Morgan fingerprint density at radius 2 is 1.93 bits per heavy atom. The molecule has 0 radical (unpaired) electrons. The first kappa shape index (κ1) is 28.9. The van der Waals surface area contributed by atoms with Gasteiger partial charge in [0.2, 0.25) is 0 Å². The van der Waals surface area contributed by atoms with Crippen molar-refractivity contribution in [3.05, 3.63) is 71.4 Å². The molecule has 2 aromatic heterocycles. The molecule has 0 bridgehead atoms. The van der Waals surface area contributed by atoms with Gasteiger partial charge in [0.1, 0.15) is 17.1 Å². The van der Waals surface area contributed by atoms with Crippen molar-refractivity contribution < 1.29 is 9.53 Å². The van der Waals surface area contributed by atoms with Crippen LogP contribution < -0.4 is 15.4 Å². The Morgan fingerprint density at radius 3 is 2.66 bits per heavy atom. The molecular formula is C31H38ClN7O2. The number of pyridine rings is 1. The number of hydrogen-bond donors (Lipinski definition) is 3. The van der Waals surface area contributed by atoms with E-state index in [1.165, 1.54) is 5.56 Å². The van der Waals surface area contributed by atoms with E-state index >= 15 is 0 Å². The first-order valence-corrected chi connectivity index (χ1v) is 14.3. The molecule has 3 N–H and O–H groups in total. The lowest BCUT2D eigenvalue weighted by Gasteiger charge is -2.32. The maximum absolute atomic E-state index is 12.3. The zero-order valence-corrected chi connectivity index (χ0v) is 24.8. The third kappa shape index (κ3) is 7.16. The van der Waals surface area contributed by atoms with Crippen LogP contribution in [0.2, 0.25) is 5.02 Å². The molecule has 1 amide bonds. The van der Waals surface area contributed by atoms with Crippen LogP contribution in [0, 0.1) is 0 Å². The minimum absolute atomic E-state index is 0.0467. The van der Waals surface area contributed by atoms with E-state index in [9.17, 15) is 4.79 Å². The fourth-order valence-electron chi connectivity index (χ4n) is 4.73. The molecule has 9 nitrogen and oxygen atoms in total. The number of carbonyl (C=O) groups is 1. The van der Waals surface area contributed by atoms with Crippen molar-refractivity contribution >= 4 is 34.4 Å². The fraction of sp³-hybridized carbons (Fsp3) is 0.387. The van der Waals surface area contributed by atoms with Crippen LogP contribution in [0.3, 0.4) is 0 Å². The summed E-state index contributed by atoms with van der Waals surface area (Å²) in [5.41, 5.74) is 4.24. The fourth-order valence-corrected chi connectivity index (χ4v) is 4.92. The first-order valence-electron chi connectivity index (χ1n) is 13.9. The van der Waals surface area contributed by atoms with E-state index in [0.29, 0.717) is 34.3 Å². The van der Waals surface area contributed by atoms with Crippen LogP contribution in [0.1, 0.15) is 25.8 Å². The maximum atomic E-state index is 12.3. The number of aromatic nitrogens is 3. The number of anilines is 1. The Kier molecular flexibility index (Phi) is 8.77. The lowest BCUT2D eigenvalue weighted by molar-refractivity contribution is -0.123. The highest BCUT2D eigenvalue weighted by molar-refractivity contribution is 6.34. The van der Waals surface area contributed by atoms with Crippen LogP contribution in [-0.2, 0) is 11.3 Å². The number of H-pyrrole nitrogens is 1. The zero-order valence-electron chi connectivity index (χ0n) is 24.1. The van der Waals surface area contributed by atoms with Crippen LogP contribution in [0.4, 0.5) is 5.69 Å². The van der Waals surface area contributed by atoms with Crippen molar-refractivity contribution in [2.45, 2.75) is 38.4 Å². The van der Waals surface area contributed by atoms with Crippen LogP contribution >= 0.6 is 11.6 Å². The minimum Gasteiger partial charge on any atom is -0.484 e. The summed E-state index contributed by atoms with van der Waals surface area (Å²) in [6.07, 6.45) is 2.68. The normalized spacial score (nSPS) is 15.9. The number of rotatable bonds is 11. The summed E-state index contributed by atoms with van der Waals surface area (Å²) in [6.45, 7) is 7.52. The molecule has 5 rings (SSSR count). The molecule has 1 fully saturated rings. The summed E-state index contributed by atoms with van der Waals surface area (Å²) in [5.74, 6) is 1.14. The quantitative estimate of drug-likeness (QED) is 0.236. The number of amides is 1. The van der Waals surface area contributed by atoms with E-state index in [1.807, 2.05) is 44.4 Å². The largest absolute Gasteiger partial charge is 0.484 e. The predicted molar refractivity (Wildman–Crippen MR) is 164 cm³/mol. The number of nitrogens with one attached hydrogen (secondary N) is 3. The summed E-state index contributed by atoms with van der Waals surface area (Å²) < 4.78 is 5.70. The first-order chi connectivity index (χ1) is 19.7. The molecule has 1 aliphatic heterocycles. The van der Waals surface area contributed by atoms with Gasteiger partial charge in [0.05, 0.1) is 16.9 Å². The molecule has 1 saturated heterocycles. The van der Waals surface area contributed by atoms with E-state index in [1.54, 1.807) is 6.20 Å². The predicted octanol–water partition coefficient (Wildman–Crippen LogP) is 4.80. The smallest absolute Gasteiger partial charge is 0.258 e. The second-order valence-corrected chi connectivity index (χ2v) is 11.8. The number of hydrogen-bond acceptors (Lipinski definition) is 7. The molecule has 3 heterocycles. The number of likely N-dealkylation sites (N-methyl/N-ethyl adjacent to an activating group) is 1. The second-order valence-electron chi connectivity index (χ2n) is 11.4. The number of nitrogens with zero attached hydrogens (tertiary/aromatic N) is 4. The number of benzene rings is 2. The molecule has 0 aliphatic carbocycles. The number of imidazole rings is 1. The van der Waals surface area contributed by atoms with Crippen molar-refractivity contribution in [2.75, 3.05) is 45.7 Å². The van der Waals surface area contributed by atoms with E-state index in [0.717, 1.165) is 37.3 Å². The SMILES string of the molecule is CN(C)C(C)(C)CNC(=O)COc1ccc(-c2nc3c(NC4CCN(Cc5ccccc5)C4)c(Cl)cnc3[nH]2)cc1. The monoisotopic (exact) mass is 575 g/mol. The third-order valence-corrected chi connectivity index (χ3v) is 8.05. The van der Waals surface area contributed by atoms with Crippen molar-refractivity contribution in [1.29, 1.82) is 0 Å². The average Bonchev–Trinajstić information content (AvgIpc) is 3.60. The van der Waals surface area contributed by atoms with Gasteiger partial charge in [-0.3, -0.25) is 9.69 Å². The molecule has 1 aliphatic rings. The molecule has 0 saturated carbocycles. The molecule has 1 unspecified atom stereocenters. The van der Waals surface area contributed by atoms with Gasteiger partial charge in [-0.2, -0.15) is 0 Å². The van der Waals surface area contributed by atoms with Gasteiger partial charge >= 0.3 is 0 Å². The standard InChI is InChI=1S/C31H38ClN7O2/c1-31(2,38(3)4)20-34-26(40)19-41-24-12-10-22(11-13-24)29-36-28-27(25(32)16-33-30(28)37-29)35-23-14-15-39(18-23)17-21-8-6-5-7-9-21/h5-13,16,23H,14-15,17-20H2,1-4H3,(H,34,40)(H2,33,35,36,37). The number of fused-ring (bicyclic) bond motifs is 1. The summed E-state index contributed by atoms with van der Waals surface area (Å²) in [7, 11) is 3.98. The molecule has 0 spiro atoms.